The number of ether oxygens (including phenoxy) is 1. The van der Waals surface area contributed by atoms with Gasteiger partial charge in [0.25, 0.3) is 0 Å². The summed E-state index contributed by atoms with van der Waals surface area (Å²) in [6, 6.07) is 3.86. The lowest BCUT2D eigenvalue weighted by Gasteiger charge is -2.24. The van der Waals surface area contributed by atoms with Crippen molar-refractivity contribution >= 4 is 40.0 Å². The van der Waals surface area contributed by atoms with Crippen LogP contribution in [0.5, 0.6) is 5.75 Å². The molecule has 2 atom stereocenters. The summed E-state index contributed by atoms with van der Waals surface area (Å²) in [6.45, 7) is -0.0667. The fourth-order valence-electron chi connectivity index (χ4n) is 2.57. The van der Waals surface area contributed by atoms with Crippen molar-refractivity contribution in [1.82, 2.24) is 4.31 Å². The van der Waals surface area contributed by atoms with Gasteiger partial charge in [-0.25, -0.2) is 8.42 Å². The van der Waals surface area contributed by atoms with Crippen LogP contribution in [-0.4, -0.2) is 50.0 Å². The third-order valence-corrected chi connectivity index (χ3v) is 5.93. The molecule has 0 radical (unpaired) electrons. The van der Waals surface area contributed by atoms with Crippen LogP contribution in [0.2, 0.25) is 5.02 Å². The molecule has 1 heterocycles. The smallest absolute Gasteiger partial charge is 0.307 e. The molecule has 1 fully saturated rings. The van der Waals surface area contributed by atoms with Gasteiger partial charge in [0.05, 0.1) is 13.0 Å². The van der Waals surface area contributed by atoms with E-state index >= 15 is 0 Å². The van der Waals surface area contributed by atoms with Gasteiger partial charge in [0.1, 0.15) is 10.6 Å². The van der Waals surface area contributed by atoms with Gasteiger partial charge in [0, 0.05) is 24.2 Å². The fourth-order valence-corrected chi connectivity index (χ4v) is 4.53. The summed E-state index contributed by atoms with van der Waals surface area (Å²) >= 11 is 5.90. The van der Waals surface area contributed by atoms with Crippen LogP contribution in [-0.2, 0) is 14.8 Å². The van der Waals surface area contributed by atoms with E-state index in [4.69, 9.17) is 22.1 Å². The Bertz CT molecular complexity index is 698. The Hall–Kier alpha value is -1.06. The van der Waals surface area contributed by atoms with Crippen LogP contribution >= 0.6 is 24.0 Å². The number of carboxylic acids is 1. The molecule has 1 aromatic rings. The van der Waals surface area contributed by atoms with Crippen LogP contribution < -0.4 is 10.5 Å². The van der Waals surface area contributed by atoms with Crippen molar-refractivity contribution in [1.29, 1.82) is 0 Å². The highest BCUT2D eigenvalue weighted by atomic mass is 35.5. The van der Waals surface area contributed by atoms with E-state index < -0.39 is 28.0 Å². The van der Waals surface area contributed by atoms with Crippen LogP contribution in [0.3, 0.4) is 0 Å². The quantitative estimate of drug-likeness (QED) is 0.796. The first-order valence-electron chi connectivity index (χ1n) is 7.07. The zero-order chi connectivity index (χ0) is 17.2. The van der Waals surface area contributed by atoms with Crippen LogP contribution in [0.15, 0.2) is 23.1 Å². The van der Waals surface area contributed by atoms with Gasteiger partial charge >= 0.3 is 5.97 Å². The van der Waals surface area contributed by atoms with Gasteiger partial charge in [-0.1, -0.05) is 11.6 Å². The molecule has 0 bridgehead atoms. The van der Waals surface area contributed by atoms with Crippen molar-refractivity contribution in [3.8, 4) is 5.75 Å². The van der Waals surface area contributed by atoms with Crippen LogP contribution in [0, 0.1) is 5.92 Å². The number of methoxy groups -OCH3 is 1. The Balaban J connectivity index is 0.00000288. The highest BCUT2D eigenvalue weighted by Gasteiger charge is 2.35. The van der Waals surface area contributed by atoms with Crippen molar-refractivity contribution in [2.75, 3.05) is 20.2 Å². The molecular weight excluding hydrogens is 379 g/mol. The Morgan fingerprint density at radius 1 is 1.38 bits per heavy atom. The first-order chi connectivity index (χ1) is 10.8. The van der Waals surface area contributed by atoms with E-state index in [2.05, 4.69) is 0 Å². The zero-order valence-corrected chi connectivity index (χ0v) is 15.4. The molecule has 3 N–H and O–H groups in total. The monoisotopic (exact) mass is 398 g/mol. The average molecular weight is 399 g/mol. The van der Waals surface area contributed by atoms with Crippen molar-refractivity contribution in [2.24, 2.45) is 11.7 Å². The van der Waals surface area contributed by atoms with Crippen molar-refractivity contribution in [3.63, 3.8) is 0 Å². The Morgan fingerprint density at radius 2 is 2.04 bits per heavy atom. The number of carboxylic acid groups (broad SMARTS) is 1. The summed E-state index contributed by atoms with van der Waals surface area (Å²) in [4.78, 5) is 11.2. The summed E-state index contributed by atoms with van der Waals surface area (Å²) in [5.74, 6) is -1.67. The van der Waals surface area contributed by atoms with Gasteiger partial charge < -0.3 is 15.6 Å². The lowest BCUT2D eigenvalue weighted by molar-refractivity contribution is -0.142. The van der Waals surface area contributed by atoms with E-state index in [1.165, 1.54) is 25.3 Å². The predicted molar refractivity (Wildman–Crippen MR) is 92.3 cm³/mol. The molecule has 24 heavy (non-hydrogen) atoms. The normalized spacial score (nSPS) is 22.3. The zero-order valence-electron chi connectivity index (χ0n) is 13.0. The molecule has 7 nitrogen and oxygen atoms in total. The second-order valence-electron chi connectivity index (χ2n) is 5.49. The Labute approximate surface area is 152 Å². The molecule has 0 amide bonds. The molecule has 10 heteroatoms. The van der Waals surface area contributed by atoms with Crippen LogP contribution in [0.4, 0.5) is 0 Å². The molecule has 1 saturated heterocycles. The van der Waals surface area contributed by atoms with Crippen molar-refractivity contribution in [3.05, 3.63) is 23.2 Å². The van der Waals surface area contributed by atoms with E-state index in [1.54, 1.807) is 0 Å². The van der Waals surface area contributed by atoms with E-state index in [9.17, 15) is 18.3 Å². The van der Waals surface area contributed by atoms with E-state index in [1.807, 2.05) is 0 Å². The second-order valence-corrected chi connectivity index (χ2v) is 7.83. The fraction of sp³-hybridized carbons (Fsp3) is 0.500. The molecule has 136 valence electrons. The number of halogens is 2. The number of hydrogen-bond acceptors (Lipinski definition) is 5. The number of nitrogens with two attached hydrogens (primary N) is 1. The number of sulfonamides is 1. The minimum atomic E-state index is -3.97. The van der Waals surface area contributed by atoms with Gasteiger partial charge in [0.2, 0.25) is 10.0 Å². The molecule has 0 spiro atoms. The van der Waals surface area contributed by atoms with Gasteiger partial charge in [-0.2, -0.15) is 4.31 Å². The highest BCUT2D eigenvalue weighted by Crippen LogP contribution is 2.31. The topological polar surface area (TPSA) is 110 Å². The largest absolute Gasteiger partial charge is 0.495 e. The maximum Gasteiger partial charge on any atom is 0.307 e. The maximum atomic E-state index is 12.9. The Kier molecular flexibility index (Phi) is 7.30. The maximum absolute atomic E-state index is 12.9. The number of hydrogen-bond donors (Lipinski definition) is 2. The summed E-state index contributed by atoms with van der Waals surface area (Å²) < 4.78 is 32.1. The SMILES string of the molecule is COc1ccc(Cl)cc1S(=O)(=O)N1C[C@H](N)CC[C@H](C(=O)O)C1.Cl. The molecule has 1 aromatic carbocycles. The second kappa shape index (κ2) is 8.35. The standard InChI is InChI=1S/C14H19ClN2O5S.ClH/c1-22-12-5-3-10(15)6-13(12)23(20,21)17-7-9(14(18)19)2-4-11(16)8-17;/h3,5-6,9,11H,2,4,7-8,16H2,1H3,(H,18,19);1H/t9-,11+;/m0./s1. The van der Waals surface area contributed by atoms with E-state index in [-0.39, 0.29) is 41.2 Å². The summed E-state index contributed by atoms with van der Waals surface area (Å²) in [5, 5.41) is 9.49. The summed E-state index contributed by atoms with van der Waals surface area (Å²) in [5.41, 5.74) is 5.91. The lowest BCUT2D eigenvalue weighted by atomic mass is 10.0. The highest BCUT2D eigenvalue weighted by molar-refractivity contribution is 7.89. The molecule has 2 rings (SSSR count). The number of rotatable bonds is 4. The van der Waals surface area contributed by atoms with Crippen molar-refractivity contribution in [2.45, 2.75) is 23.8 Å². The lowest BCUT2D eigenvalue weighted by Crippen LogP contribution is -2.41. The Morgan fingerprint density at radius 3 is 2.62 bits per heavy atom. The number of nitrogens with zero attached hydrogens (tertiary/aromatic N) is 1. The molecule has 0 saturated carbocycles. The van der Waals surface area contributed by atoms with Gasteiger partial charge in [-0.15, -0.1) is 12.4 Å². The van der Waals surface area contributed by atoms with Crippen LogP contribution in [0.25, 0.3) is 0 Å². The molecule has 0 unspecified atom stereocenters. The minimum Gasteiger partial charge on any atom is -0.495 e. The molecule has 0 aliphatic carbocycles. The van der Waals surface area contributed by atoms with Crippen LogP contribution in [0.1, 0.15) is 12.8 Å². The third kappa shape index (κ3) is 4.52. The van der Waals surface area contributed by atoms with E-state index in [0.29, 0.717) is 12.8 Å². The van der Waals surface area contributed by atoms with Crippen molar-refractivity contribution < 1.29 is 23.1 Å². The number of carbonyl (C=O) groups is 1. The first kappa shape index (κ1) is 21.0. The summed E-state index contributed by atoms with van der Waals surface area (Å²) in [6.07, 6.45) is 0.796. The number of aliphatic carboxylic acids is 1. The first-order valence-corrected chi connectivity index (χ1v) is 8.89. The predicted octanol–water partition coefficient (Wildman–Crippen LogP) is 1.58. The van der Waals surface area contributed by atoms with Gasteiger partial charge in [0.15, 0.2) is 0 Å². The van der Waals surface area contributed by atoms with Gasteiger partial charge in [-0.05, 0) is 31.0 Å². The summed E-state index contributed by atoms with van der Waals surface area (Å²) in [7, 11) is -2.61. The molecule has 1 aliphatic heterocycles. The third-order valence-electron chi connectivity index (χ3n) is 3.84. The molecule has 1 aliphatic rings. The number of benzene rings is 1. The van der Waals surface area contributed by atoms with E-state index in [0.717, 1.165) is 4.31 Å². The minimum absolute atomic E-state index is 0. The molecule has 0 aromatic heterocycles. The van der Waals surface area contributed by atoms with Gasteiger partial charge in [-0.3, -0.25) is 4.79 Å². The molecular formula is C14H20Cl2N2O5S. The average Bonchev–Trinajstić information content (AvgIpc) is 2.69.